The number of likely N-dealkylation sites (N-methyl/N-ethyl adjacent to an activating group) is 1. The first kappa shape index (κ1) is 13.6. The van der Waals surface area contributed by atoms with E-state index >= 15 is 0 Å². The number of carbonyl (C=O) groups is 1. The number of hydrogen-bond acceptors (Lipinski definition) is 2. The number of hydrogen-bond donors (Lipinski definition) is 2. The largest absolute Gasteiger partial charge is 0.355 e. The first-order chi connectivity index (χ1) is 8.13. The van der Waals surface area contributed by atoms with Gasteiger partial charge in [-0.1, -0.05) is 12.1 Å². The monoisotopic (exact) mass is 238 g/mol. The van der Waals surface area contributed by atoms with Crippen LogP contribution in [0.1, 0.15) is 17.5 Å². The van der Waals surface area contributed by atoms with Gasteiger partial charge in [0.1, 0.15) is 5.82 Å². The molecule has 1 amide bonds. The number of rotatable bonds is 6. The molecule has 0 aromatic heterocycles. The summed E-state index contributed by atoms with van der Waals surface area (Å²) in [6, 6.07) is 5.13. The molecular weight excluding hydrogens is 219 g/mol. The highest BCUT2D eigenvalue weighted by Gasteiger charge is 2.00. The number of nitrogens with one attached hydrogen (secondary N) is 2. The zero-order valence-electron chi connectivity index (χ0n) is 10.3. The van der Waals surface area contributed by atoms with E-state index in [4.69, 9.17) is 0 Å². The lowest BCUT2D eigenvalue weighted by molar-refractivity contribution is -0.120. The molecule has 1 aromatic rings. The van der Waals surface area contributed by atoms with Crippen molar-refractivity contribution in [1.82, 2.24) is 10.6 Å². The maximum Gasteiger partial charge on any atom is 0.233 e. The molecule has 0 spiro atoms. The highest BCUT2D eigenvalue weighted by atomic mass is 19.1. The van der Waals surface area contributed by atoms with E-state index in [0.717, 1.165) is 18.4 Å². The minimum absolute atomic E-state index is 0.00258. The van der Waals surface area contributed by atoms with Gasteiger partial charge in [0.05, 0.1) is 6.54 Å². The standard InChI is InChI=1S/C13H19FN2O/c1-10-8-11(5-6-12(10)14)4-3-7-16-13(17)9-15-2/h5-6,8,15H,3-4,7,9H2,1-2H3,(H,16,17). The number of aryl methyl sites for hydroxylation is 2. The van der Waals surface area contributed by atoms with E-state index in [9.17, 15) is 9.18 Å². The molecule has 17 heavy (non-hydrogen) atoms. The molecule has 0 saturated carbocycles. The lowest BCUT2D eigenvalue weighted by Crippen LogP contribution is -2.32. The third-order valence-electron chi connectivity index (χ3n) is 2.52. The van der Waals surface area contributed by atoms with Gasteiger partial charge in [-0.25, -0.2) is 4.39 Å². The highest BCUT2D eigenvalue weighted by Crippen LogP contribution is 2.10. The Balaban J connectivity index is 2.26. The van der Waals surface area contributed by atoms with Gasteiger partial charge in [-0.2, -0.15) is 0 Å². The first-order valence-electron chi connectivity index (χ1n) is 5.80. The zero-order valence-corrected chi connectivity index (χ0v) is 10.3. The minimum Gasteiger partial charge on any atom is -0.355 e. The molecule has 0 atom stereocenters. The van der Waals surface area contributed by atoms with E-state index < -0.39 is 0 Å². The van der Waals surface area contributed by atoms with Crippen LogP contribution >= 0.6 is 0 Å². The van der Waals surface area contributed by atoms with Crippen LogP contribution in [0, 0.1) is 12.7 Å². The summed E-state index contributed by atoms with van der Waals surface area (Å²) in [6.07, 6.45) is 1.71. The van der Waals surface area contributed by atoms with Gasteiger partial charge in [0.25, 0.3) is 0 Å². The number of amides is 1. The summed E-state index contributed by atoms with van der Waals surface area (Å²) in [6.45, 7) is 2.75. The van der Waals surface area contributed by atoms with Gasteiger partial charge in [-0.05, 0) is 44.0 Å². The maximum atomic E-state index is 13.0. The van der Waals surface area contributed by atoms with Crippen LogP contribution in [0.25, 0.3) is 0 Å². The van der Waals surface area contributed by atoms with Gasteiger partial charge in [0, 0.05) is 6.54 Å². The Bertz CT molecular complexity index is 380. The van der Waals surface area contributed by atoms with Crippen molar-refractivity contribution in [2.24, 2.45) is 0 Å². The van der Waals surface area contributed by atoms with E-state index in [2.05, 4.69) is 10.6 Å². The lowest BCUT2D eigenvalue weighted by Gasteiger charge is -2.06. The predicted octanol–water partition coefficient (Wildman–Crippen LogP) is 1.40. The molecule has 0 fully saturated rings. The molecule has 0 radical (unpaired) electrons. The molecular formula is C13H19FN2O. The summed E-state index contributed by atoms with van der Waals surface area (Å²) in [5, 5.41) is 5.59. The molecule has 0 heterocycles. The summed E-state index contributed by atoms with van der Waals surface area (Å²) in [7, 11) is 1.74. The average Bonchev–Trinajstić information content (AvgIpc) is 2.29. The van der Waals surface area contributed by atoms with E-state index in [-0.39, 0.29) is 11.7 Å². The van der Waals surface area contributed by atoms with Crippen molar-refractivity contribution in [3.63, 3.8) is 0 Å². The van der Waals surface area contributed by atoms with Crippen LogP contribution in [0.4, 0.5) is 4.39 Å². The normalized spacial score (nSPS) is 10.3. The van der Waals surface area contributed by atoms with Gasteiger partial charge in [0.2, 0.25) is 5.91 Å². The van der Waals surface area contributed by atoms with Crippen molar-refractivity contribution in [2.75, 3.05) is 20.1 Å². The van der Waals surface area contributed by atoms with Crippen LogP contribution in [0.5, 0.6) is 0 Å². The van der Waals surface area contributed by atoms with Crippen LogP contribution in [-0.4, -0.2) is 26.0 Å². The molecule has 4 heteroatoms. The van der Waals surface area contributed by atoms with Crippen LogP contribution in [0.3, 0.4) is 0 Å². The van der Waals surface area contributed by atoms with Crippen molar-refractivity contribution in [3.8, 4) is 0 Å². The molecule has 0 aliphatic heterocycles. The predicted molar refractivity (Wildman–Crippen MR) is 66.4 cm³/mol. The Kier molecular flexibility index (Phi) is 5.63. The fraction of sp³-hybridized carbons (Fsp3) is 0.462. The first-order valence-corrected chi connectivity index (χ1v) is 5.80. The SMILES string of the molecule is CNCC(=O)NCCCc1ccc(F)c(C)c1. The smallest absolute Gasteiger partial charge is 0.233 e. The molecule has 0 aliphatic rings. The lowest BCUT2D eigenvalue weighted by atomic mass is 10.1. The van der Waals surface area contributed by atoms with Gasteiger partial charge in [-0.3, -0.25) is 4.79 Å². The van der Waals surface area contributed by atoms with Crippen molar-refractivity contribution in [2.45, 2.75) is 19.8 Å². The van der Waals surface area contributed by atoms with E-state index in [0.29, 0.717) is 18.7 Å². The Morgan fingerprint density at radius 1 is 1.41 bits per heavy atom. The molecule has 0 saturated heterocycles. The van der Waals surface area contributed by atoms with E-state index in [1.165, 1.54) is 6.07 Å². The highest BCUT2D eigenvalue weighted by molar-refractivity contribution is 5.77. The molecule has 94 valence electrons. The molecule has 0 bridgehead atoms. The fourth-order valence-electron chi connectivity index (χ4n) is 1.61. The van der Waals surface area contributed by atoms with Crippen LogP contribution < -0.4 is 10.6 Å². The summed E-state index contributed by atoms with van der Waals surface area (Å²) < 4.78 is 13.0. The van der Waals surface area contributed by atoms with E-state index in [1.807, 2.05) is 6.07 Å². The van der Waals surface area contributed by atoms with Crippen LogP contribution in [0.15, 0.2) is 18.2 Å². The molecule has 1 rings (SSSR count). The van der Waals surface area contributed by atoms with Crippen molar-refractivity contribution < 1.29 is 9.18 Å². The zero-order chi connectivity index (χ0) is 12.7. The Morgan fingerprint density at radius 2 is 2.18 bits per heavy atom. The summed E-state index contributed by atoms with van der Waals surface area (Å²) in [5.74, 6) is -0.168. The summed E-state index contributed by atoms with van der Waals surface area (Å²) in [5.41, 5.74) is 1.77. The molecule has 0 unspecified atom stereocenters. The van der Waals surface area contributed by atoms with Crippen LogP contribution in [-0.2, 0) is 11.2 Å². The fourth-order valence-corrected chi connectivity index (χ4v) is 1.61. The van der Waals surface area contributed by atoms with Gasteiger partial charge in [-0.15, -0.1) is 0 Å². The topological polar surface area (TPSA) is 41.1 Å². The van der Waals surface area contributed by atoms with Gasteiger partial charge in [0.15, 0.2) is 0 Å². The summed E-state index contributed by atoms with van der Waals surface area (Å²) >= 11 is 0. The second-order valence-electron chi connectivity index (χ2n) is 4.07. The number of halogens is 1. The molecule has 3 nitrogen and oxygen atoms in total. The van der Waals surface area contributed by atoms with Crippen molar-refractivity contribution in [1.29, 1.82) is 0 Å². The average molecular weight is 238 g/mol. The third kappa shape index (κ3) is 4.95. The minimum atomic E-state index is -0.170. The second-order valence-corrected chi connectivity index (χ2v) is 4.07. The molecule has 1 aromatic carbocycles. The van der Waals surface area contributed by atoms with Crippen LogP contribution in [0.2, 0.25) is 0 Å². The molecule has 0 aliphatic carbocycles. The Hall–Kier alpha value is -1.42. The number of carbonyl (C=O) groups excluding carboxylic acids is 1. The van der Waals surface area contributed by atoms with Crippen molar-refractivity contribution in [3.05, 3.63) is 35.1 Å². The maximum absolute atomic E-state index is 13.0. The Morgan fingerprint density at radius 3 is 2.82 bits per heavy atom. The van der Waals surface area contributed by atoms with Gasteiger partial charge < -0.3 is 10.6 Å². The quantitative estimate of drug-likeness (QED) is 0.736. The third-order valence-corrected chi connectivity index (χ3v) is 2.52. The van der Waals surface area contributed by atoms with Crippen molar-refractivity contribution >= 4 is 5.91 Å². The van der Waals surface area contributed by atoms with Gasteiger partial charge >= 0.3 is 0 Å². The second kappa shape index (κ2) is 7.01. The molecule has 2 N–H and O–H groups in total. The summed E-state index contributed by atoms with van der Waals surface area (Å²) in [4.78, 5) is 11.1. The Labute approximate surface area is 101 Å². The van der Waals surface area contributed by atoms with E-state index in [1.54, 1.807) is 20.0 Å². The number of benzene rings is 1.